The molecule has 0 radical (unpaired) electrons. The summed E-state index contributed by atoms with van der Waals surface area (Å²) in [6.45, 7) is 2.02. The van der Waals surface area contributed by atoms with Gasteiger partial charge in [0.2, 0.25) is 0 Å². The van der Waals surface area contributed by atoms with Crippen molar-refractivity contribution < 1.29 is 14.3 Å². The van der Waals surface area contributed by atoms with Gasteiger partial charge in [-0.3, -0.25) is 4.79 Å². The summed E-state index contributed by atoms with van der Waals surface area (Å²) in [5.74, 6) is 2.10. The first-order chi connectivity index (χ1) is 10.6. The summed E-state index contributed by atoms with van der Waals surface area (Å²) in [6.07, 6.45) is 0.871. The van der Waals surface area contributed by atoms with Gasteiger partial charge in [-0.1, -0.05) is 29.8 Å². The van der Waals surface area contributed by atoms with Crippen molar-refractivity contribution in [2.45, 2.75) is 19.3 Å². The lowest BCUT2D eigenvalue weighted by Crippen LogP contribution is -2.03. The first-order valence-corrected chi connectivity index (χ1v) is 7.47. The summed E-state index contributed by atoms with van der Waals surface area (Å²) < 4.78 is 10.7. The number of carbonyl (C=O) groups excluding carboxylic acids is 1. The topological polar surface area (TPSA) is 35.5 Å². The molecule has 0 bridgehead atoms. The van der Waals surface area contributed by atoms with Crippen LogP contribution in [-0.4, -0.2) is 20.0 Å². The highest BCUT2D eigenvalue weighted by molar-refractivity contribution is 6.00. The molecule has 114 valence electrons. The molecule has 0 amide bonds. The quantitative estimate of drug-likeness (QED) is 0.782. The molecule has 0 heterocycles. The second-order valence-electron chi connectivity index (χ2n) is 5.79. The fourth-order valence-electron chi connectivity index (χ4n) is 2.89. The molecule has 1 aliphatic carbocycles. The van der Waals surface area contributed by atoms with Gasteiger partial charge in [0.1, 0.15) is 11.5 Å². The van der Waals surface area contributed by atoms with Crippen LogP contribution in [0.15, 0.2) is 42.5 Å². The second kappa shape index (κ2) is 5.84. The minimum Gasteiger partial charge on any atom is -0.497 e. The third kappa shape index (κ3) is 2.71. The molecule has 0 aromatic heterocycles. The third-order valence-corrected chi connectivity index (χ3v) is 4.30. The van der Waals surface area contributed by atoms with Crippen molar-refractivity contribution in [1.82, 2.24) is 0 Å². The zero-order chi connectivity index (χ0) is 15.7. The highest BCUT2D eigenvalue weighted by Gasteiger charge is 2.45. The highest BCUT2D eigenvalue weighted by Crippen LogP contribution is 2.52. The van der Waals surface area contributed by atoms with Gasteiger partial charge < -0.3 is 9.47 Å². The molecule has 0 spiro atoms. The summed E-state index contributed by atoms with van der Waals surface area (Å²) in [5, 5.41) is 0. The molecule has 0 N–H and O–H groups in total. The summed E-state index contributed by atoms with van der Waals surface area (Å²) in [6, 6.07) is 13.5. The average molecular weight is 296 g/mol. The molecule has 2 unspecified atom stereocenters. The Morgan fingerprint density at radius 1 is 1.05 bits per heavy atom. The number of hydrogen-bond donors (Lipinski definition) is 0. The standard InChI is InChI=1S/C19H20O3/c1-12-4-6-13(7-5-12)19(20)17-11-15(17)16-10-14(21-2)8-9-18(16)22-3/h4-10,15,17H,11H2,1-3H3. The molecule has 3 nitrogen and oxygen atoms in total. The summed E-state index contributed by atoms with van der Waals surface area (Å²) in [4.78, 5) is 12.6. The largest absolute Gasteiger partial charge is 0.497 e. The van der Waals surface area contributed by atoms with Gasteiger partial charge in [0.15, 0.2) is 5.78 Å². The van der Waals surface area contributed by atoms with E-state index in [1.54, 1.807) is 14.2 Å². The van der Waals surface area contributed by atoms with Crippen molar-refractivity contribution in [3.63, 3.8) is 0 Å². The van der Waals surface area contributed by atoms with Crippen LogP contribution in [0.1, 0.15) is 33.8 Å². The number of aryl methyl sites for hydroxylation is 1. The van der Waals surface area contributed by atoms with Gasteiger partial charge in [0.25, 0.3) is 0 Å². The molecule has 1 aliphatic rings. The van der Waals surface area contributed by atoms with Crippen molar-refractivity contribution in [3.05, 3.63) is 59.2 Å². The molecular weight excluding hydrogens is 276 g/mol. The number of methoxy groups -OCH3 is 2. The van der Waals surface area contributed by atoms with Gasteiger partial charge in [0, 0.05) is 17.0 Å². The minimum atomic E-state index is 0.0451. The second-order valence-corrected chi connectivity index (χ2v) is 5.79. The van der Waals surface area contributed by atoms with Gasteiger partial charge >= 0.3 is 0 Å². The van der Waals surface area contributed by atoms with Gasteiger partial charge in [-0.2, -0.15) is 0 Å². The van der Waals surface area contributed by atoms with E-state index in [9.17, 15) is 4.79 Å². The van der Waals surface area contributed by atoms with Crippen LogP contribution in [0.3, 0.4) is 0 Å². The zero-order valence-electron chi connectivity index (χ0n) is 13.1. The first-order valence-electron chi connectivity index (χ1n) is 7.47. The molecule has 22 heavy (non-hydrogen) atoms. The number of ketones is 1. The van der Waals surface area contributed by atoms with E-state index in [2.05, 4.69) is 0 Å². The number of benzene rings is 2. The van der Waals surface area contributed by atoms with E-state index in [4.69, 9.17) is 9.47 Å². The van der Waals surface area contributed by atoms with E-state index in [0.29, 0.717) is 0 Å². The Kier molecular flexibility index (Phi) is 3.88. The van der Waals surface area contributed by atoms with Crippen LogP contribution >= 0.6 is 0 Å². The number of carbonyl (C=O) groups is 1. The fourth-order valence-corrected chi connectivity index (χ4v) is 2.89. The molecule has 2 aromatic rings. The highest BCUT2D eigenvalue weighted by atomic mass is 16.5. The number of ether oxygens (including phenoxy) is 2. The van der Waals surface area contributed by atoms with E-state index in [0.717, 1.165) is 29.0 Å². The maximum Gasteiger partial charge on any atom is 0.166 e. The molecule has 2 atom stereocenters. The van der Waals surface area contributed by atoms with Crippen LogP contribution in [0.5, 0.6) is 11.5 Å². The predicted octanol–water partition coefficient (Wildman–Crippen LogP) is 4.00. The molecule has 0 aliphatic heterocycles. The first kappa shape index (κ1) is 14.6. The minimum absolute atomic E-state index is 0.0451. The van der Waals surface area contributed by atoms with Crippen molar-refractivity contribution in [2.75, 3.05) is 14.2 Å². The van der Waals surface area contributed by atoms with Gasteiger partial charge in [-0.05, 0) is 37.5 Å². The third-order valence-electron chi connectivity index (χ3n) is 4.30. The molecule has 3 rings (SSSR count). The summed E-state index contributed by atoms with van der Waals surface area (Å²) >= 11 is 0. The zero-order valence-corrected chi connectivity index (χ0v) is 13.1. The van der Waals surface area contributed by atoms with E-state index in [1.807, 2.05) is 49.4 Å². The maximum atomic E-state index is 12.6. The van der Waals surface area contributed by atoms with Crippen LogP contribution in [0, 0.1) is 12.8 Å². The fraction of sp³-hybridized carbons (Fsp3) is 0.316. The van der Waals surface area contributed by atoms with Crippen LogP contribution in [0.25, 0.3) is 0 Å². The Morgan fingerprint density at radius 2 is 1.77 bits per heavy atom. The average Bonchev–Trinajstić information content (AvgIpc) is 3.34. The Balaban J connectivity index is 1.82. The molecule has 1 fully saturated rings. The van der Waals surface area contributed by atoms with Crippen molar-refractivity contribution in [3.8, 4) is 11.5 Å². The Bertz CT molecular complexity index is 688. The summed E-state index contributed by atoms with van der Waals surface area (Å²) in [7, 11) is 3.30. The monoisotopic (exact) mass is 296 g/mol. The van der Waals surface area contributed by atoms with Gasteiger partial charge in [-0.25, -0.2) is 0 Å². The van der Waals surface area contributed by atoms with Crippen LogP contribution < -0.4 is 9.47 Å². The van der Waals surface area contributed by atoms with Crippen molar-refractivity contribution >= 4 is 5.78 Å². The van der Waals surface area contributed by atoms with Crippen LogP contribution in [-0.2, 0) is 0 Å². The normalized spacial score (nSPS) is 19.6. The lowest BCUT2D eigenvalue weighted by atomic mass is 10.0. The number of rotatable bonds is 5. The molecular formula is C19H20O3. The lowest BCUT2D eigenvalue weighted by molar-refractivity contribution is 0.0965. The maximum absolute atomic E-state index is 12.6. The lowest BCUT2D eigenvalue weighted by Gasteiger charge is -2.10. The van der Waals surface area contributed by atoms with E-state index < -0.39 is 0 Å². The van der Waals surface area contributed by atoms with Gasteiger partial charge in [-0.15, -0.1) is 0 Å². The summed E-state index contributed by atoms with van der Waals surface area (Å²) in [5.41, 5.74) is 3.02. The Labute approximate surface area is 130 Å². The molecule has 2 aromatic carbocycles. The van der Waals surface area contributed by atoms with Crippen molar-refractivity contribution in [1.29, 1.82) is 0 Å². The Morgan fingerprint density at radius 3 is 2.41 bits per heavy atom. The number of Topliss-reactive ketones (excluding diaryl/α,β-unsaturated/α-hetero) is 1. The van der Waals surface area contributed by atoms with Gasteiger partial charge in [0.05, 0.1) is 14.2 Å². The van der Waals surface area contributed by atoms with Crippen LogP contribution in [0.4, 0.5) is 0 Å². The van der Waals surface area contributed by atoms with Crippen molar-refractivity contribution in [2.24, 2.45) is 5.92 Å². The van der Waals surface area contributed by atoms with E-state index in [-0.39, 0.29) is 17.6 Å². The SMILES string of the molecule is COc1ccc(OC)c(C2CC2C(=O)c2ccc(C)cc2)c1. The molecule has 0 saturated heterocycles. The number of hydrogen-bond acceptors (Lipinski definition) is 3. The molecule has 1 saturated carbocycles. The smallest absolute Gasteiger partial charge is 0.166 e. The van der Waals surface area contributed by atoms with Crippen LogP contribution in [0.2, 0.25) is 0 Å². The van der Waals surface area contributed by atoms with E-state index in [1.165, 1.54) is 5.56 Å². The Hall–Kier alpha value is -2.29. The molecule has 3 heteroatoms. The predicted molar refractivity (Wildman–Crippen MR) is 85.9 cm³/mol. The van der Waals surface area contributed by atoms with E-state index >= 15 is 0 Å².